The fourth-order valence-corrected chi connectivity index (χ4v) is 1.01. The zero-order valence-electron chi connectivity index (χ0n) is 7.35. The second kappa shape index (κ2) is 4.14. The molecule has 0 aromatic heterocycles. The van der Waals surface area contributed by atoms with E-state index in [4.69, 9.17) is 5.11 Å². The van der Waals surface area contributed by atoms with Crippen molar-refractivity contribution < 1.29 is 27.1 Å². The van der Waals surface area contributed by atoms with E-state index in [9.17, 15) is 22.0 Å². The summed E-state index contributed by atoms with van der Waals surface area (Å²) in [5.74, 6) is -1.98. The number of hydrogen-bond donors (Lipinski definition) is 1. The van der Waals surface area contributed by atoms with Crippen LogP contribution in [0.15, 0.2) is 18.2 Å². The summed E-state index contributed by atoms with van der Waals surface area (Å²) in [5.41, 5.74) is -0.374. The highest BCUT2D eigenvalue weighted by Gasteiger charge is 2.38. The Labute approximate surface area is 82.1 Å². The molecule has 15 heavy (non-hydrogen) atoms. The lowest BCUT2D eigenvalue weighted by Crippen LogP contribution is -2.30. The Morgan fingerprint density at radius 2 is 1.80 bits per heavy atom. The summed E-state index contributed by atoms with van der Waals surface area (Å²) in [6, 6.07) is 2.18. The monoisotopic (exact) mass is 226 g/mol. The molecule has 1 rings (SSSR count). The Morgan fingerprint density at radius 3 is 2.27 bits per heavy atom. The SMILES string of the molecule is O[C@@H](Cc1ccc(F)cc1F)C(F)(F)F. The number of aliphatic hydroxyl groups excluding tert-OH is 1. The van der Waals surface area contributed by atoms with E-state index in [1.165, 1.54) is 0 Å². The Kier molecular flexibility index (Phi) is 3.28. The van der Waals surface area contributed by atoms with Crippen LogP contribution in [0.25, 0.3) is 0 Å². The molecule has 6 heteroatoms. The first-order chi connectivity index (χ1) is 6.80. The molecule has 1 N–H and O–H groups in total. The van der Waals surface area contributed by atoms with Crippen LogP contribution < -0.4 is 0 Å². The zero-order valence-corrected chi connectivity index (χ0v) is 7.35. The highest BCUT2D eigenvalue weighted by atomic mass is 19.4. The summed E-state index contributed by atoms with van der Waals surface area (Å²) < 4.78 is 61.0. The Bertz CT molecular complexity index is 347. The van der Waals surface area contributed by atoms with E-state index in [0.717, 1.165) is 12.1 Å². The van der Waals surface area contributed by atoms with Crippen molar-refractivity contribution in [1.82, 2.24) is 0 Å². The molecule has 1 aromatic rings. The van der Waals surface area contributed by atoms with Gasteiger partial charge < -0.3 is 5.11 Å². The molecular formula is C9H7F5O. The fraction of sp³-hybridized carbons (Fsp3) is 0.333. The van der Waals surface area contributed by atoms with E-state index in [2.05, 4.69) is 0 Å². The van der Waals surface area contributed by atoms with Gasteiger partial charge in [0.2, 0.25) is 0 Å². The molecule has 0 saturated carbocycles. The van der Waals surface area contributed by atoms with Gasteiger partial charge in [0.25, 0.3) is 0 Å². The van der Waals surface area contributed by atoms with E-state index in [0.29, 0.717) is 6.07 Å². The largest absolute Gasteiger partial charge is 0.414 e. The highest BCUT2D eigenvalue weighted by molar-refractivity contribution is 5.19. The van der Waals surface area contributed by atoms with Gasteiger partial charge in [-0.2, -0.15) is 13.2 Å². The third-order valence-electron chi connectivity index (χ3n) is 1.81. The van der Waals surface area contributed by atoms with Gasteiger partial charge in [0.05, 0.1) is 0 Å². The second-order valence-electron chi connectivity index (χ2n) is 3.00. The lowest BCUT2D eigenvalue weighted by atomic mass is 10.1. The molecule has 0 saturated heterocycles. The maximum atomic E-state index is 12.9. The molecule has 0 aliphatic heterocycles. The van der Waals surface area contributed by atoms with Crippen molar-refractivity contribution in [2.24, 2.45) is 0 Å². The third kappa shape index (κ3) is 3.16. The van der Waals surface area contributed by atoms with E-state index in [1.807, 2.05) is 0 Å². The number of rotatable bonds is 2. The molecule has 0 aliphatic rings. The molecule has 84 valence electrons. The predicted molar refractivity (Wildman–Crippen MR) is 42.1 cm³/mol. The van der Waals surface area contributed by atoms with Crippen LogP contribution in [0.1, 0.15) is 5.56 Å². The van der Waals surface area contributed by atoms with E-state index < -0.39 is 30.3 Å². The van der Waals surface area contributed by atoms with Gasteiger partial charge in [-0.1, -0.05) is 6.07 Å². The number of hydrogen-bond acceptors (Lipinski definition) is 1. The van der Waals surface area contributed by atoms with E-state index in [-0.39, 0.29) is 5.56 Å². The topological polar surface area (TPSA) is 20.2 Å². The van der Waals surface area contributed by atoms with Crippen LogP contribution in [-0.4, -0.2) is 17.4 Å². The van der Waals surface area contributed by atoms with Crippen molar-refractivity contribution in [3.05, 3.63) is 35.4 Å². The Hall–Kier alpha value is -1.17. The maximum absolute atomic E-state index is 12.9. The van der Waals surface area contributed by atoms with Crippen molar-refractivity contribution in [2.45, 2.75) is 18.7 Å². The van der Waals surface area contributed by atoms with Gasteiger partial charge in [-0.3, -0.25) is 0 Å². The van der Waals surface area contributed by atoms with Gasteiger partial charge in [-0.05, 0) is 11.6 Å². The minimum absolute atomic E-state index is 0.374. The second-order valence-corrected chi connectivity index (χ2v) is 3.00. The third-order valence-corrected chi connectivity index (χ3v) is 1.81. The van der Waals surface area contributed by atoms with Crippen LogP contribution in [0.2, 0.25) is 0 Å². The quantitative estimate of drug-likeness (QED) is 0.768. The number of alkyl halides is 3. The lowest BCUT2D eigenvalue weighted by molar-refractivity contribution is -0.203. The number of aliphatic hydroxyl groups is 1. The summed E-state index contributed by atoms with van der Waals surface area (Å²) in [6.45, 7) is 0. The van der Waals surface area contributed by atoms with Crippen LogP contribution in [-0.2, 0) is 6.42 Å². The molecule has 0 unspecified atom stereocenters. The predicted octanol–water partition coefficient (Wildman–Crippen LogP) is 2.43. The van der Waals surface area contributed by atoms with Gasteiger partial charge in [0.15, 0.2) is 6.10 Å². The molecule has 1 atom stereocenters. The van der Waals surface area contributed by atoms with Crippen molar-refractivity contribution in [2.75, 3.05) is 0 Å². The highest BCUT2D eigenvalue weighted by Crippen LogP contribution is 2.24. The van der Waals surface area contributed by atoms with Crippen molar-refractivity contribution in [3.8, 4) is 0 Å². The van der Waals surface area contributed by atoms with Crippen LogP contribution >= 0.6 is 0 Å². The zero-order chi connectivity index (χ0) is 11.6. The van der Waals surface area contributed by atoms with E-state index >= 15 is 0 Å². The lowest BCUT2D eigenvalue weighted by Gasteiger charge is -2.14. The summed E-state index contributed by atoms with van der Waals surface area (Å²) in [6.07, 6.45) is -8.37. The molecule has 0 heterocycles. The smallest absolute Gasteiger partial charge is 0.383 e. The maximum Gasteiger partial charge on any atom is 0.414 e. The van der Waals surface area contributed by atoms with Gasteiger partial charge in [0, 0.05) is 12.5 Å². The van der Waals surface area contributed by atoms with Gasteiger partial charge >= 0.3 is 6.18 Å². The van der Waals surface area contributed by atoms with Crippen LogP contribution in [0, 0.1) is 11.6 Å². The average Bonchev–Trinajstić information content (AvgIpc) is 2.08. The summed E-state index contributed by atoms with van der Waals surface area (Å²) >= 11 is 0. The summed E-state index contributed by atoms with van der Waals surface area (Å²) in [7, 11) is 0. The first-order valence-corrected chi connectivity index (χ1v) is 3.99. The number of benzene rings is 1. The molecule has 1 aromatic carbocycles. The Balaban J connectivity index is 2.82. The molecule has 0 spiro atoms. The molecule has 0 radical (unpaired) electrons. The summed E-state index contributed by atoms with van der Waals surface area (Å²) in [4.78, 5) is 0. The molecule has 0 fully saturated rings. The molecule has 1 nitrogen and oxygen atoms in total. The summed E-state index contributed by atoms with van der Waals surface area (Å²) in [5, 5.41) is 8.65. The van der Waals surface area contributed by atoms with Crippen LogP contribution in [0.5, 0.6) is 0 Å². The van der Waals surface area contributed by atoms with Crippen molar-refractivity contribution in [1.29, 1.82) is 0 Å². The van der Waals surface area contributed by atoms with E-state index in [1.54, 1.807) is 0 Å². The van der Waals surface area contributed by atoms with Gasteiger partial charge in [-0.15, -0.1) is 0 Å². The standard InChI is InChI=1S/C9H7F5O/c10-6-2-1-5(7(11)4-6)3-8(15)9(12,13)14/h1-2,4,8,15H,3H2/t8-/m0/s1. The first-order valence-electron chi connectivity index (χ1n) is 3.99. The van der Waals surface area contributed by atoms with Crippen molar-refractivity contribution >= 4 is 0 Å². The molecule has 0 aliphatic carbocycles. The fourth-order valence-electron chi connectivity index (χ4n) is 1.01. The first kappa shape index (κ1) is 11.9. The minimum atomic E-state index is -4.80. The van der Waals surface area contributed by atoms with Crippen LogP contribution in [0.3, 0.4) is 0 Å². The number of halogens is 5. The average molecular weight is 226 g/mol. The Morgan fingerprint density at radius 1 is 1.20 bits per heavy atom. The van der Waals surface area contributed by atoms with Gasteiger partial charge in [0.1, 0.15) is 11.6 Å². The minimum Gasteiger partial charge on any atom is -0.383 e. The molecule has 0 bridgehead atoms. The molecular weight excluding hydrogens is 219 g/mol. The van der Waals surface area contributed by atoms with Crippen LogP contribution in [0.4, 0.5) is 22.0 Å². The molecule has 0 amide bonds. The van der Waals surface area contributed by atoms with Crippen molar-refractivity contribution in [3.63, 3.8) is 0 Å². The normalized spacial score (nSPS) is 14.0. The van der Waals surface area contributed by atoms with Gasteiger partial charge in [-0.25, -0.2) is 8.78 Å².